The number of pyridine rings is 1. The number of ketones is 1. The van der Waals surface area contributed by atoms with Crippen LogP contribution in [0.2, 0.25) is 0 Å². The molecule has 44 heavy (non-hydrogen) atoms. The molecule has 1 aromatic heterocycles. The van der Waals surface area contributed by atoms with E-state index in [1.54, 1.807) is 49.7 Å². The molecule has 1 aromatic carbocycles. The summed E-state index contributed by atoms with van der Waals surface area (Å²) in [4.78, 5) is 31.2. The van der Waals surface area contributed by atoms with Crippen molar-refractivity contribution in [2.45, 2.75) is 82.0 Å². The number of nitrogens with zero attached hydrogens (tertiary/aromatic N) is 2. The van der Waals surface area contributed by atoms with Gasteiger partial charge in [-0.3, -0.25) is 14.6 Å². The summed E-state index contributed by atoms with van der Waals surface area (Å²) in [6.07, 6.45) is -1.45. The lowest BCUT2D eigenvalue weighted by atomic mass is 9.50. The Hall–Kier alpha value is -3.40. The molecule has 2 saturated carbocycles. The number of hydrogen-bond acceptors (Lipinski definition) is 4. The van der Waals surface area contributed by atoms with E-state index in [0.29, 0.717) is 43.4 Å². The summed E-state index contributed by atoms with van der Waals surface area (Å²) in [5.41, 5.74) is -0.286. The predicted octanol–water partition coefficient (Wildman–Crippen LogP) is 7.18. The van der Waals surface area contributed by atoms with Crippen LogP contribution in [-0.2, 0) is 11.3 Å². The third-order valence-corrected chi connectivity index (χ3v) is 10.8. The number of hydrogen-bond donors (Lipinski definition) is 1. The van der Waals surface area contributed by atoms with E-state index in [4.69, 9.17) is 0 Å². The number of amides is 1. The van der Waals surface area contributed by atoms with Gasteiger partial charge in [0.1, 0.15) is 5.60 Å². The maximum atomic E-state index is 15.2. The van der Waals surface area contributed by atoms with Crippen molar-refractivity contribution in [2.75, 3.05) is 7.05 Å². The molecule has 6 rings (SSSR count). The van der Waals surface area contributed by atoms with Gasteiger partial charge in [-0.15, -0.1) is 0 Å². The van der Waals surface area contributed by atoms with Gasteiger partial charge in [0.15, 0.2) is 5.78 Å². The Morgan fingerprint density at radius 2 is 1.77 bits per heavy atom. The van der Waals surface area contributed by atoms with Crippen molar-refractivity contribution in [1.82, 2.24) is 9.88 Å². The standard InChI is InChI=1S/C34H35F5N2O3/c1-31-18-27(20-6-8-21(9-7-20)30(43)41(2)19-23-5-3-4-16-40-23)29-25-13-11-24(42)17-22(25)10-12-26(29)28(31)14-15-32(31,44)33(35,36)34(37,38)39/h3-9,16-17,26-28,44H,10-15,18-19H2,1-2H3/t26-,27+,28-,31-,32-/m0/s1. The van der Waals surface area contributed by atoms with Crippen LogP contribution in [0, 0.1) is 17.3 Å². The smallest absolute Gasteiger partial charge is 0.383 e. The van der Waals surface area contributed by atoms with Gasteiger partial charge in [-0.2, -0.15) is 22.0 Å². The maximum absolute atomic E-state index is 15.2. The first-order valence-corrected chi connectivity index (χ1v) is 15.1. The molecule has 1 N–H and O–H groups in total. The molecule has 5 nitrogen and oxygen atoms in total. The van der Waals surface area contributed by atoms with Gasteiger partial charge >= 0.3 is 12.1 Å². The molecule has 4 aliphatic rings. The topological polar surface area (TPSA) is 70.5 Å². The molecule has 1 heterocycles. The number of carbonyl (C=O) groups is 2. The van der Waals surface area contributed by atoms with Crippen LogP contribution in [0.15, 0.2) is 71.5 Å². The number of benzene rings is 1. The second-order valence-electron chi connectivity index (χ2n) is 13.1. The molecule has 2 fully saturated rings. The lowest BCUT2D eigenvalue weighted by Gasteiger charge is -2.56. The highest BCUT2D eigenvalue weighted by Gasteiger charge is 2.79. The molecule has 0 aliphatic heterocycles. The molecule has 5 atom stereocenters. The fourth-order valence-corrected chi connectivity index (χ4v) is 8.60. The minimum Gasteiger partial charge on any atom is -0.383 e. The molecular weight excluding hydrogens is 579 g/mol. The fourth-order valence-electron chi connectivity index (χ4n) is 8.60. The van der Waals surface area contributed by atoms with E-state index in [1.165, 1.54) is 11.8 Å². The highest BCUT2D eigenvalue weighted by molar-refractivity contribution is 5.94. The molecule has 0 bridgehead atoms. The van der Waals surface area contributed by atoms with Crippen molar-refractivity contribution < 1.29 is 36.6 Å². The van der Waals surface area contributed by atoms with Gasteiger partial charge in [0.2, 0.25) is 0 Å². The average Bonchev–Trinajstić information content (AvgIpc) is 3.27. The van der Waals surface area contributed by atoms with Crippen LogP contribution in [0.5, 0.6) is 0 Å². The van der Waals surface area contributed by atoms with Crippen molar-refractivity contribution in [3.05, 3.63) is 88.3 Å². The van der Waals surface area contributed by atoms with Gasteiger partial charge in [-0.25, -0.2) is 0 Å². The first kappa shape index (κ1) is 30.6. The van der Waals surface area contributed by atoms with E-state index in [0.717, 1.165) is 22.4 Å². The lowest BCUT2D eigenvalue weighted by Crippen LogP contribution is -2.65. The van der Waals surface area contributed by atoms with E-state index in [-0.39, 0.29) is 30.4 Å². The van der Waals surface area contributed by atoms with Crippen molar-refractivity contribution in [1.29, 1.82) is 0 Å². The SMILES string of the molecule is CN(Cc1ccccn1)C(=O)c1ccc([C@H]2C[C@@]3(C)[C@@H](CC[C@@]3(O)C(F)(F)C(F)(F)F)[C@@H]3CCC4=CC(=O)CCC4=C32)cc1. The number of aliphatic hydroxyl groups is 1. The summed E-state index contributed by atoms with van der Waals surface area (Å²) < 4.78 is 71.8. The van der Waals surface area contributed by atoms with E-state index >= 15 is 8.78 Å². The second-order valence-corrected chi connectivity index (χ2v) is 13.1. The second kappa shape index (κ2) is 10.6. The van der Waals surface area contributed by atoms with Crippen molar-refractivity contribution >= 4 is 11.7 Å². The van der Waals surface area contributed by atoms with E-state index in [2.05, 4.69) is 4.98 Å². The van der Waals surface area contributed by atoms with Gasteiger partial charge in [0, 0.05) is 36.6 Å². The van der Waals surface area contributed by atoms with E-state index in [1.807, 2.05) is 12.1 Å². The van der Waals surface area contributed by atoms with Crippen molar-refractivity contribution in [2.24, 2.45) is 17.3 Å². The normalized spacial score (nSPS) is 30.3. The number of alkyl halides is 5. The molecule has 0 saturated heterocycles. The summed E-state index contributed by atoms with van der Waals surface area (Å²) in [6.45, 7) is 1.69. The minimum atomic E-state index is -5.90. The van der Waals surface area contributed by atoms with Crippen molar-refractivity contribution in [3.8, 4) is 0 Å². The van der Waals surface area contributed by atoms with E-state index in [9.17, 15) is 27.9 Å². The Balaban J connectivity index is 1.40. The molecule has 0 spiro atoms. The highest BCUT2D eigenvalue weighted by Crippen LogP contribution is 2.70. The van der Waals surface area contributed by atoms with Crippen LogP contribution in [0.25, 0.3) is 0 Å². The Morgan fingerprint density at radius 3 is 2.43 bits per heavy atom. The lowest BCUT2D eigenvalue weighted by molar-refractivity contribution is -0.362. The predicted molar refractivity (Wildman–Crippen MR) is 153 cm³/mol. The van der Waals surface area contributed by atoms with Gasteiger partial charge in [-0.1, -0.05) is 30.7 Å². The number of fused-ring (bicyclic) bond motifs is 4. The van der Waals surface area contributed by atoms with Crippen LogP contribution in [0.3, 0.4) is 0 Å². The summed E-state index contributed by atoms with van der Waals surface area (Å²) in [6, 6.07) is 12.2. The summed E-state index contributed by atoms with van der Waals surface area (Å²) in [5, 5.41) is 11.4. The molecule has 2 aromatic rings. The van der Waals surface area contributed by atoms with Gasteiger partial charge in [0.25, 0.3) is 5.91 Å². The minimum absolute atomic E-state index is 0.0257. The molecule has 1 amide bonds. The number of aromatic nitrogens is 1. The zero-order valence-corrected chi connectivity index (χ0v) is 24.6. The molecule has 0 radical (unpaired) electrons. The highest BCUT2D eigenvalue weighted by atomic mass is 19.4. The zero-order valence-electron chi connectivity index (χ0n) is 24.6. The van der Waals surface area contributed by atoms with Crippen LogP contribution < -0.4 is 0 Å². The molecule has 0 unspecified atom stereocenters. The van der Waals surface area contributed by atoms with Crippen LogP contribution >= 0.6 is 0 Å². The number of rotatable bonds is 5. The van der Waals surface area contributed by atoms with Gasteiger partial charge in [0.05, 0.1) is 12.2 Å². The van der Waals surface area contributed by atoms with Gasteiger partial charge < -0.3 is 10.0 Å². The van der Waals surface area contributed by atoms with Crippen molar-refractivity contribution in [3.63, 3.8) is 0 Å². The third-order valence-electron chi connectivity index (χ3n) is 10.8. The number of carbonyl (C=O) groups excluding carboxylic acids is 2. The molecular formula is C34H35F5N2O3. The van der Waals surface area contributed by atoms with Crippen LogP contribution in [0.1, 0.15) is 79.4 Å². The maximum Gasteiger partial charge on any atom is 0.456 e. The Bertz CT molecular complexity index is 1530. The molecule has 4 aliphatic carbocycles. The Kier molecular flexibility index (Phi) is 7.38. The number of allylic oxidation sites excluding steroid dienone is 4. The van der Waals surface area contributed by atoms with Crippen LogP contribution in [0.4, 0.5) is 22.0 Å². The molecule has 10 heteroatoms. The Morgan fingerprint density at radius 1 is 1.05 bits per heavy atom. The Labute approximate surface area is 252 Å². The summed E-state index contributed by atoms with van der Waals surface area (Å²) >= 11 is 0. The van der Waals surface area contributed by atoms with Crippen LogP contribution in [-0.4, -0.2) is 51.4 Å². The number of halogens is 5. The average molecular weight is 615 g/mol. The van der Waals surface area contributed by atoms with Gasteiger partial charge in [-0.05, 0) is 97.4 Å². The monoisotopic (exact) mass is 614 g/mol. The quantitative estimate of drug-likeness (QED) is 0.362. The van der Waals surface area contributed by atoms with E-state index < -0.39 is 41.4 Å². The third kappa shape index (κ3) is 4.63. The summed E-state index contributed by atoms with van der Waals surface area (Å²) in [7, 11) is 1.66. The zero-order chi connectivity index (χ0) is 31.7. The first-order valence-electron chi connectivity index (χ1n) is 15.1. The summed E-state index contributed by atoms with van der Waals surface area (Å²) in [5.74, 6) is -6.94. The largest absolute Gasteiger partial charge is 0.456 e. The first-order chi connectivity index (χ1) is 20.7. The fraction of sp³-hybridized carbons (Fsp3) is 0.500. The molecule has 234 valence electrons.